The summed E-state index contributed by atoms with van der Waals surface area (Å²) in [4.78, 5) is 27.0. The Morgan fingerprint density at radius 1 is 1.35 bits per heavy atom. The van der Waals surface area contributed by atoms with Crippen LogP contribution in [0.1, 0.15) is 21.1 Å². The molecule has 0 spiro atoms. The highest BCUT2D eigenvalue weighted by molar-refractivity contribution is 5.93. The molecule has 0 radical (unpaired) electrons. The third kappa shape index (κ3) is 3.37. The molecule has 1 fully saturated rings. The van der Waals surface area contributed by atoms with Gasteiger partial charge in [-0.2, -0.15) is 0 Å². The molecule has 7 heteroatoms. The van der Waals surface area contributed by atoms with Crippen LogP contribution in [0.2, 0.25) is 0 Å². The Hall–Kier alpha value is -1.86. The van der Waals surface area contributed by atoms with Crippen molar-refractivity contribution in [3.8, 4) is 0 Å². The van der Waals surface area contributed by atoms with Gasteiger partial charge in [-0.15, -0.1) is 0 Å². The van der Waals surface area contributed by atoms with Crippen LogP contribution in [0.3, 0.4) is 0 Å². The summed E-state index contributed by atoms with van der Waals surface area (Å²) >= 11 is 0. The normalized spacial score (nSPS) is 20.8. The van der Waals surface area contributed by atoms with Gasteiger partial charge in [-0.1, -0.05) is 0 Å². The van der Waals surface area contributed by atoms with Gasteiger partial charge in [-0.25, -0.2) is 4.79 Å². The number of nitrogens with one attached hydrogen (secondary N) is 1. The molecular weight excluding hydrogens is 262 g/mol. The number of carbonyl (C=O) groups is 2. The van der Waals surface area contributed by atoms with Crippen LogP contribution in [0.15, 0.2) is 16.5 Å². The van der Waals surface area contributed by atoms with Crippen molar-refractivity contribution in [2.45, 2.75) is 6.04 Å². The average Bonchev–Trinajstić information content (AvgIpc) is 2.89. The number of carbonyl (C=O) groups excluding carboxylic acids is 1. The molecule has 1 unspecified atom stereocenters. The van der Waals surface area contributed by atoms with Crippen molar-refractivity contribution >= 4 is 11.9 Å². The van der Waals surface area contributed by atoms with E-state index in [2.05, 4.69) is 15.1 Å². The number of nitrogens with zero attached hydrogens (tertiary/aromatic N) is 2. The molecule has 20 heavy (non-hydrogen) atoms. The summed E-state index contributed by atoms with van der Waals surface area (Å²) in [5, 5.41) is 11.5. The van der Waals surface area contributed by atoms with Crippen LogP contribution in [-0.4, -0.2) is 73.1 Å². The van der Waals surface area contributed by atoms with Crippen molar-refractivity contribution in [1.29, 1.82) is 0 Å². The molecule has 1 aliphatic rings. The quantitative estimate of drug-likeness (QED) is 0.805. The zero-order valence-corrected chi connectivity index (χ0v) is 11.6. The Bertz CT molecular complexity index is 500. The third-order valence-electron chi connectivity index (χ3n) is 3.52. The van der Waals surface area contributed by atoms with Crippen LogP contribution in [-0.2, 0) is 0 Å². The van der Waals surface area contributed by atoms with Crippen molar-refractivity contribution in [1.82, 2.24) is 15.1 Å². The van der Waals surface area contributed by atoms with E-state index >= 15 is 0 Å². The lowest BCUT2D eigenvalue weighted by molar-refractivity contribution is 0.0659. The van der Waals surface area contributed by atoms with E-state index in [-0.39, 0.29) is 23.5 Å². The Kier molecular flexibility index (Phi) is 4.41. The maximum absolute atomic E-state index is 11.9. The van der Waals surface area contributed by atoms with E-state index < -0.39 is 5.97 Å². The van der Waals surface area contributed by atoms with Gasteiger partial charge >= 0.3 is 5.97 Å². The van der Waals surface area contributed by atoms with Gasteiger partial charge in [-0.05, 0) is 26.2 Å². The summed E-state index contributed by atoms with van der Waals surface area (Å²) < 4.78 is 4.96. The first kappa shape index (κ1) is 14.5. The lowest BCUT2D eigenvalue weighted by atomic mass is 10.2. The Balaban J connectivity index is 1.89. The first-order valence-electron chi connectivity index (χ1n) is 6.47. The number of rotatable bonds is 4. The highest BCUT2D eigenvalue weighted by atomic mass is 16.4. The summed E-state index contributed by atoms with van der Waals surface area (Å²) in [5.41, 5.74) is 0. The second-order valence-electron chi connectivity index (χ2n) is 5.08. The van der Waals surface area contributed by atoms with E-state index in [0.717, 1.165) is 19.6 Å². The molecule has 1 aromatic rings. The molecule has 0 aliphatic carbocycles. The van der Waals surface area contributed by atoms with Crippen LogP contribution >= 0.6 is 0 Å². The average molecular weight is 281 g/mol. The van der Waals surface area contributed by atoms with Crippen molar-refractivity contribution in [2.24, 2.45) is 0 Å². The topological polar surface area (TPSA) is 86.0 Å². The minimum atomic E-state index is -1.18. The molecule has 2 heterocycles. The standard InChI is InChI=1S/C13H19N3O4/c1-15-5-6-16(2)9(8-15)7-14-12(17)10-3-4-11(20-10)13(18)19/h3-4,9H,5-8H2,1-2H3,(H,14,17)(H,18,19). The van der Waals surface area contributed by atoms with Crippen molar-refractivity contribution in [3.63, 3.8) is 0 Å². The summed E-state index contributed by atoms with van der Waals surface area (Å²) in [7, 11) is 4.08. The molecule has 7 nitrogen and oxygen atoms in total. The summed E-state index contributed by atoms with van der Waals surface area (Å²) in [5.74, 6) is -1.78. The smallest absolute Gasteiger partial charge is 0.371 e. The SMILES string of the molecule is CN1CCN(C)C(CNC(=O)c2ccc(C(=O)O)o2)C1. The van der Waals surface area contributed by atoms with Gasteiger partial charge in [0.25, 0.3) is 5.91 Å². The molecule has 0 saturated carbocycles. The Labute approximate surface area is 117 Å². The second kappa shape index (κ2) is 6.06. The van der Waals surface area contributed by atoms with Gasteiger partial charge in [0.15, 0.2) is 5.76 Å². The fourth-order valence-corrected chi connectivity index (χ4v) is 2.19. The number of amides is 1. The molecule has 1 aliphatic heterocycles. The van der Waals surface area contributed by atoms with Crippen LogP contribution in [0.5, 0.6) is 0 Å². The van der Waals surface area contributed by atoms with E-state index in [4.69, 9.17) is 9.52 Å². The molecule has 0 bridgehead atoms. The fraction of sp³-hybridized carbons (Fsp3) is 0.538. The molecule has 1 amide bonds. The molecule has 1 atom stereocenters. The molecule has 1 aromatic heterocycles. The lowest BCUT2D eigenvalue weighted by Crippen LogP contribution is -2.54. The third-order valence-corrected chi connectivity index (χ3v) is 3.52. The largest absolute Gasteiger partial charge is 0.475 e. The van der Waals surface area contributed by atoms with Gasteiger partial charge in [-0.3, -0.25) is 9.69 Å². The van der Waals surface area contributed by atoms with Crippen LogP contribution in [0.25, 0.3) is 0 Å². The minimum absolute atomic E-state index is 0.0224. The molecule has 1 saturated heterocycles. The predicted molar refractivity (Wildman–Crippen MR) is 71.9 cm³/mol. The summed E-state index contributed by atoms with van der Waals surface area (Å²) in [6.07, 6.45) is 0. The summed E-state index contributed by atoms with van der Waals surface area (Å²) in [6, 6.07) is 2.89. The number of likely N-dealkylation sites (N-methyl/N-ethyl adjacent to an activating group) is 2. The van der Waals surface area contributed by atoms with Crippen molar-refractivity contribution in [3.05, 3.63) is 23.7 Å². The maximum Gasteiger partial charge on any atom is 0.371 e. The first-order chi connectivity index (χ1) is 9.47. The number of carboxylic acids is 1. The molecular formula is C13H19N3O4. The van der Waals surface area contributed by atoms with Gasteiger partial charge in [0.05, 0.1) is 0 Å². The van der Waals surface area contributed by atoms with Gasteiger partial charge in [0.2, 0.25) is 5.76 Å². The second-order valence-corrected chi connectivity index (χ2v) is 5.08. The number of piperazine rings is 1. The van der Waals surface area contributed by atoms with Gasteiger partial charge in [0.1, 0.15) is 0 Å². The minimum Gasteiger partial charge on any atom is -0.475 e. The number of hydrogen-bond donors (Lipinski definition) is 2. The summed E-state index contributed by atoms with van der Waals surface area (Å²) in [6.45, 7) is 3.36. The number of aromatic carboxylic acids is 1. The zero-order chi connectivity index (χ0) is 14.7. The highest BCUT2D eigenvalue weighted by Crippen LogP contribution is 2.09. The van der Waals surface area contributed by atoms with E-state index in [1.807, 2.05) is 14.1 Å². The fourth-order valence-electron chi connectivity index (χ4n) is 2.19. The van der Waals surface area contributed by atoms with Crippen LogP contribution < -0.4 is 5.32 Å². The van der Waals surface area contributed by atoms with Gasteiger partial charge in [0, 0.05) is 32.2 Å². The van der Waals surface area contributed by atoms with Gasteiger partial charge < -0.3 is 19.7 Å². The van der Waals surface area contributed by atoms with E-state index in [1.54, 1.807) is 0 Å². The van der Waals surface area contributed by atoms with Crippen molar-refractivity contribution in [2.75, 3.05) is 40.3 Å². The number of carboxylic acid groups (broad SMARTS) is 1. The number of furan rings is 1. The molecule has 2 rings (SSSR count). The molecule has 0 aromatic carbocycles. The lowest BCUT2D eigenvalue weighted by Gasteiger charge is -2.37. The molecule has 110 valence electrons. The maximum atomic E-state index is 11.9. The highest BCUT2D eigenvalue weighted by Gasteiger charge is 2.23. The number of hydrogen-bond acceptors (Lipinski definition) is 5. The van der Waals surface area contributed by atoms with E-state index in [0.29, 0.717) is 6.54 Å². The van der Waals surface area contributed by atoms with Crippen molar-refractivity contribution < 1.29 is 19.1 Å². The zero-order valence-electron chi connectivity index (χ0n) is 11.6. The monoisotopic (exact) mass is 281 g/mol. The Morgan fingerprint density at radius 2 is 2.05 bits per heavy atom. The van der Waals surface area contributed by atoms with Crippen LogP contribution in [0, 0.1) is 0 Å². The Morgan fingerprint density at radius 3 is 2.70 bits per heavy atom. The van der Waals surface area contributed by atoms with E-state index in [9.17, 15) is 9.59 Å². The van der Waals surface area contributed by atoms with Crippen LogP contribution in [0.4, 0.5) is 0 Å². The van der Waals surface area contributed by atoms with E-state index in [1.165, 1.54) is 12.1 Å². The predicted octanol–water partition coefficient (Wildman–Crippen LogP) is -0.0466. The first-order valence-corrected chi connectivity index (χ1v) is 6.47. The molecule has 2 N–H and O–H groups in total.